The van der Waals surface area contributed by atoms with Crippen LogP contribution in [-0.4, -0.2) is 10.5 Å². The Labute approximate surface area is 151 Å². The zero-order valence-electron chi connectivity index (χ0n) is 14.2. The smallest absolute Gasteiger partial charge is 0.244 e. The summed E-state index contributed by atoms with van der Waals surface area (Å²) in [6.45, 7) is 4.16. The van der Waals surface area contributed by atoms with Gasteiger partial charge in [-0.15, -0.1) is 0 Å². The van der Waals surface area contributed by atoms with Crippen molar-refractivity contribution < 1.29 is 4.79 Å². The summed E-state index contributed by atoms with van der Waals surface area (Å²) < 4.78 is 1.76. The van der Waals surface area contributed by atoms with Crippen molar-refractivity contribution in [2.45, 2.75) is 26.8 Å². The molecule has 0 spiro atoms. The fraction of sp³-hybridized carbons (Fsp3) is 0.200. The van der Waals surface area contributed by atoms with Gasteiger partial charge in [0, 0.05) is 28.4 Å². The van der Waals surface area contributed by atoms with Gasteiger partial charge in [-0.05, 0) is 42.7 Å². The Hall–Kier alpha value is -2.59. The molecule has 2 aromatic carbocycles. The van der Waals surface area contributed by atoms with Crippen LogP contribution in [0.5, 0.6) is 0 Å². The van der Waals surface area contributed by atoms with Gasteiger partial charge in [0.15, 0.2) is 5.43 Å². The van der Waals surface area contributed by atoms with Gasteiger partial charge >= 0.3 is 0 Å². The van der Waals surface area contributed by atoms with E-state index < -0.39 is 0 Å². The van der Waals surface area contributed by atoms with E-state index >= 15 is 0 Å². The normalized spacial score (nSPS) is 10.8. The van der Waals surface area contributed by atoms with E-state index in [1.807, 2.05) is 25.1 Å². The Kier molecular flexibility index (Phi) is 4.91. The van der Waals surface area contributed by atoms with Crippen LogP contribution in [0.25, 0.3) is 10.9 Å². The summed E-state index contributed by atoms with van der Waals surface area (Å²) in [6.07, 6.45) is 2.48. The molecule has 0 aliphatic carbocycles. The van der Waals surface area contributed by atoms with E-state index in [-0.39, 0.29) is 17.9 Å². The number of anilines is 1. The molecule has 1 amide bonds. The number of pyridine rings is 1. The summed E-state index contributed by atoms with van der Waals surface area (Å²) in [6, 6.07) is 12.5. The molecule has 128 valence electrons. The molecule has 3 rings (SSSR count). The number of benzene rings is 2. The van der Waals surface area contributed by atoms with Crippen LogP contribution in [0.1, 0.15) is 18.1 Å². The molecule has 1 aromatic heterocycles. The van der Waals surface area contributed by atoms with Crippen molar-refractivity contribution in [2.75, 3.05) is 5.32 Å². The summed E-state index contributed by atoms with van der Waals surface area (Å²) in [7, 11) is 0. The van der Waals surface area contributed by atoms with Gasteiger partial charge in [0.05, 0.1) is 5.52 Å². The molecule has 0 saturated heterocycles. The van der Waals surface area contributed by atoms with Crippen molar-refractivity contribution >= 4 is 34.1 Å². The van der Waals surface area contributed by atoms with E-state index in [4.69, 9.17) is 11.6 Å². The lowest BCUT2D eigenvalue weighted by Crippen LogP contribution is -2.21. The Morgan fingerprint density at radius 3 is 2.76 bits per heavy atom. The van der Waals surface area contributed by atoms with E-state index in [9.17, 15) is 9.59 Å². The first kappa shape index (κ1) is 17.2. The number of hydrogen-bond acceptors (Lipinski definition) is 2. The van der Waals surface area contributed by atoms with Gasteiger partial charge in [-0.2, -0.15) is 0 Å². The van der Waals surface area contributed by atoms with Crippen LogP contribution in [0.15, 0.2) is 53.5 Å². The molecular formula is C20H19ClN2O2. The standard InChI is InChI=1S/C20H19ClN2O2/c1-3-14-6-4-5-13(2)20(14)22-19(25)12-23-10-9-18(24)16-11-15(21)7-8-17(16)23/h4-11H,3,12H2,1-2H3,(H,22,25). The Bertz CT molecular complexity index is 1010. The number of nitrogens with one attached hydrogen (secondary N) is 1. The molecule has 0 saturated carbocycles. The van der Waals surface area contributed by atoms with Crippen LogP contribution in [0, 0.1) is 6.92 Å². The number of hydrogen-bond donors (Lipinski definition) is 1. The fourth-order valence-electron chi connectivity index (χ4n) is 2.96. The third-order valence-corrected chi connectivity index (χ3v) is 4.49. The fourth-order valence-corrected chi connectivity index (χ4v) is 3.13. The molecule has 5 heteroatoms. The maximum absolute atomic E-state index is 12.6. The minimum absolute atomic E-state index is 0.110. The molecule has 0 atom stereocenters. The van der Waals surface area contributed by atoms with Crippen molar-refractivity contribution in [3.63, 3.8) is 0 Å². The molecule has 0 unspecified atom stereocenters. The molecule has 3 aromatic rings. The van der Waals surface area contributed by atoms with Crippen LogP contribution in [0.2, 0.25) is 5.02 Å². The second-order valence-corrected chi connectivity index (χ2v) is 6.42. The number of amides is 1. The second-order valence-electron chi connectivity index (χ2n) is 5.98. The molecule has 0 fully saturated rings. The Balaban J connectivity index is 1.91. The van der Waals surface area contributed by atoms with Crippen LogP contribution in [-0.2, 0) is 17.8 Å². The lowest BCUT2D eigenvalue weighted by molar-refractivity contribution is -0.116. The highest BCUT2D eigenvalue weighted by molar-refractivity contribution is 6.31. The average molecular weight is 355 g/mol. The van der Waals surface area contributed by atoms with Crippen LogP contribution in [0.3, 0.4) is 0 Å². The maximum Gasteiger partial charge on any atom is 0.244 e. The highest BCUT2D eigenvalue weighted by Crippen LogP contribution is 2.21. The maximum atomic E-state index is 12.6. The molecule has 4 nitrogen and oxygen atoms in total. The minimum Gasteiger partial charge on any atom is -0.338 e. The van der Waals surface area contributed by atoms with E-state index in [0.29, 0.717) is 15.9 Å². The van der Waals surface area contributed by atoms with E-state index in [2.05, 4.69) is 12.2 Å². The number of para-hydroxylation sites is 1. The monoisotopic (exact) mass is 354 g/mol. The summed E-state index contributed by atoms with van der Waals surface area (Å²) in [5.74, 6) is -0.135. The van der Waals surface area contributed by atoms with Crippen molar-refractivity contribution in [1.29, 1.82) is 0 Å². The first-order chi connectivity index (χ1) is 12.0. The van der Waals surface area contributed by atoms with E-state index in [1.165, 1.54) is 6.07 Å². The van der Waals surface area contributed by atoms with Crippen molar-refractivity contribution in [3.8, 4) is 0 Å². The predicted molar refractivity (Wildman–Crippen MR) is 102 cm³/mol. The topological polar surface area (TPSA) is 51.1 Å². The van der Waals surface area contributed by atoms with Crippen LogP contribution < -0.4 is 10.7 Å². The number of aryl methyl sites for hydroxylation is 2. The highest BCUT2D eigenvalue weighted by atomic mass is 35.5. The van der Waals surface area contributed by atoms with Gasteiger partial charge in [-0.3, -0.25) is 9.59 Å². The molecule has 1 heterocycles. The molecular weight excluding hydrogens is 336 g/mol. The largest absolute Gasteiger partial charge is 0.338 e. The van der Waals surface area contributed by atoms with Crippen molar-refractivity contribution in [1.82, 2.24) is 4.57 Å². The SMILES string of the molecule is CCc1cccc(C)c1NC(=O)Cn1ccc(=O)c2cc(Cl)ccc21. The molecule has 0 aliphatic rings. The Morgan fingerprint density at radius 1 is 1.20 bits per heavy atom. The number of nitrogens with zero attached hydrogens (tertiary/aromatic N) is 1. The second kappa shape index (κ2) is 7.11. The number of carbonyl (C=O) groups is 1. The Morgan fingerprint density at radius 2 is 2.00 bits per heavy atom. The lowest BCUT2D eigenvalue weighted by atomic mass is 10.1. The van der Waals surface area contributed by atoms with Crippen molar-refractivity contribution in [2.24, 2.45) is 0 Å². The zero-order valence-corrected chi connectivity index (χ0v) is 14.9. The van der Waals surface area contributed by atoms with Gasteiger partial charge in [-0.1, -0.05) is 36.7 Å². The number of halogens is 1. The number of rotatable bonds is 4. The average Bonchev–Trinajstić information content (AvgIpc) is 2.59. The van der Waals surface area contributed by atoms with Gasteiger partial charge in [0.25, 0.3) is 0 Å². The van der Waals surface area contributed by atoms with Gasteiger partial charge in [0.2, 0.25) is 5.91 Å². The van der Waals surface area contributed by atoms with E-state index in [0.717, 1.165) is 23.2 Å². The van der Waals surface area contributed by atoms with Crippen LogP contribution >= 0.6 is 11.6 Å². The third-order valence-electron chi connectivity index (χ3n) is 4.26. The number of aromatic nitrogens is 1. The lowest BCUT2D eigenvalue weighted by Gasteiger charge is -2.15. The van der Waals surface area contributed by atoms with Crippen LogP contribution in [0.4, 0.5) is 5.69 Å². The summed E-state index contributed by atoms with van der Waals surface area (Å²) in [5.41, 5.74) is 3.58. The summed E-state index contributed by atoms with van der Waals surface area (Å²) in [5, 5.41) is 4.01. The summed E-state index contributed by atoms with van der Waals surface area (Å²) in [4.78, 5) is 24.6. The molecule has 25 heavy (non-hydrogen) atoms. The number of carbonyl (C=O) groups excluding carboxylic acids is 1. The minimum atomic E-state index is -0.135. The van der Waals surface area contributed by atoms with Gasteiger partial charge < -0.3 is 9.88 Å². The zero-order chi connectivity index (χ0) is 18.0. The van der Waals surface area contributed by atoms with Crippen molar-refractivity contribution in [3.05, 3.63) is 75.0 Å². The number of fused-ring (bicyclic) bond motifs is 1. The first-order valence-electron chi connectivity index (χ1n) is 8.16. The first-order valence-corrected chi connectivity index (χ1v) is 8.54. The van der Waals surface area contributed by atoms with Gasteiger partial charge in [-0.25, -0.2) is 0 Å². The van der Waals surface area contributed by atoms with E-state index in [1.54, 1.807) is 29.0 Å². The summed E-state index contributed by atoms with van der Waals surface area (Å²) >= 11 is 5.98. The molecule has 0 radical (unpaired) electrons. The quantitative estimate of drug-likeness (QED) is 0.764. The molecule has 0 bridgehead atoms. The predicted octanol–water partition coefficient (Wildman–Crippen LogP) is 4.16. The third kappa shape index (κ3) is 3.59. The highest BCUT2D eigenvalue weighted by Gasteiger charge is 2.11. The van der Waals surface area contributed by atoms with Gasteiger partial charge in [0.1, 0.15) is 6.54 Å². The molecule has 0 aliphatic heterocycles. The molecule has 1 N–H and O–H groups in total.